The van der Waals surface area contributed by atoms with Gasteiger partial charge < -0.3 is 15.2 Å². The molecule has 82 valence electrons. The van der Waals surface area contributed by atoms with E-state index in [0.29, 0.717) is 19.1 Å². The lowest BCUT2D eigenvalue weighted by Gasteiger charge is -2.17. The van der Waals surface area contributed by atoms with E-state index in [1.807, 2.05) is 0 Å². The Hall–Kier alpha value is -0.610. The molecular weight excluding hydrogens is 182 g/mol. The lowest BCUT2D eigenvalue weighted by atomic mass is 10.00. The normalized spacial score (nSPS) is 28.8. The van der Waals surface area contributed by atoms with Gasteiger partial charge in [0.15, 0.2) is 0 Å². The highest BCUT2D eigenvalue weighted by Gasteiger charge is 2.27. The van der Waals surface area contributed by atoms with Gasteiger partial charge in [0.1, 0.15) is 0 Å². The van der Waals surface area contributed by atoms with Gasteiger partial charge in [-0.25, -0.2) is 0 Å². The van der Waals surface area contributed by atoms with Crippen LogP contribution in [0.5, 0.6) is 0 Å². The van der Waals surface area contributed by atoms with Crippen molar-refractivity contribution in [1.29, 1.82) is 0 Å². The quantitative estimate of drug-likeness (QED) is 0.680. The summed E-state index contributed by atoms with van der Waals surface area (Å²) in [6, 6.07) is 0. The molecule has 4 heteroatoms. The van der Waals surface area contributed by atoms with Crippen molar-refractivity contribution in [1.82, 2.24) is 0 Å². The number of nitrogens with two attached hydrogens (primary N) is 1. The first-order valence-electron chi connectivity index (χ1n) is 5.10. The standard InChI is InChI=1S/C10H19NO3/c1-7-3-4-9(14-7)5-8(6-11)10(12)13-2/h7-9H,3-6,11H2,1-2H3. The molecule has 1 fully saturated rings. The van der Waals surface area contributed by atoms with Crippen molar-refractivity contribution in [2.45, 2.75) is 38.4 Å². The Balaban J connectivity index is 2.36. The molecule has 2 N–H and O–H groups in total. The van der Waals surface area contributed by atoms with Crippen LogP contribution < -0.4 is 5.73 Å². The molecule has 14 heavy (non-hydrogen) atoms. The molecule has 3 unspecified atom stereocenters. The number of rotatable bonds is 4. The van der Waals surface area contributed by atoms with Crippen molar-refractivity contribution in [2.24, 2.45) is 11.7 Å². The lowest BCUT2D eigenvalue weighted by Crippen LogP contribution is -2.28. The van der Waals surface area contributed by atoms with Gasteiger partial charge in [-0.1, -0.05) is 0 Å². The van der Waals surface area contributed by atoms with Crippen LogP contribution in [0.25, 0.3) is 0 Å². The average molecular weight is 201 g/mol. The molecule has 0 saturated carbocycles. The molecular formula is C10H19NO3. The molecule has 0 aromatic rings. The predicted octanol–water partition coefficient (Wildman–Crippen LogP) is 0.692. The molecule has 0 spiro atoms. The molecule has 0 bridgehead atoms. The van der Waals surface area contributed by atoms with Crippen LogP contribution in [0, 0.1) is 5.92 Å². The van der Waals surface area contributed by atoms with Crippen LogP contribution in [0.3, 0.4) is 0 Å². The van der Waals surface area contributed by atoms with Gasteiger partial charge >= 0.3 is 5.97 Å². The Bertz CT molecular complexity index is 196. The zero-order valence-corrected chi connectivity index (χ0v) is 8.86. The number of hydrogen-bond donors (Lipinski definition) is 1. The topological polar surface area (TPSA) is 61.5 Å². The minimum Gasteiger partial charge on any atom is -0.469 e. The zero-order chi connectivity index (χ0) is 10.6. The molecule has 3 atom stereocenters. The van der Waals surface area contributed by atoms with Crippen molar-refractivity contribution < 1.29 is 14.3 Å². The van der Waals surface area contributed by atoms with E-state index in [1.54, 1.807) is 0 Å². The maximum atomic E-state index is 11.3. The monoisotopic (exact) mass is 201 g/mol. The molecule has 4 nitrogen and oxygen atoms in total. The molecule has 0 aromatic heterocycles. The fraction of sp³-hybridized carbons (Fsp3) is 0.900. The van der Waals surface area contributed by atoms with E-state index >= 15 is 0 Å². The lowest BCUT2D eigenvalue weighted by molar-refractivity contribution is -0.146. The summed E-state index contributed by atoms with van der Waals surface area (Å²) in [5.41, 5.74) is 5.51. The van der Waals surface area contributed by atoms with Crippen molar-refractivity contribution in [3.63, 3.8) is 0 Å². The minimum atomic E-state index is -0.226. The fourth-order valence-corrected chi connectivity index (χ4v) is 1.83. The van der Waals surface area contributed by atoms with E-state index in [1.165, 1.54) is 7.11 Å². The first kappa shape index (κ1) is 11.5. The minimum absolute atomic E-state index is 0.178. The third-order valence-corrected chi connectivity index (χ3v) is 2.69. The molecule has 0 aliphatic carbocycles. The summed E-state index contributed by atoms with van der Waals surface area (Å²) in [5, 5.41) is 0. The third-order valence-electron chi connectivity index (χ3n) is 2.69. The summed E-state index contributed by atoms with van der Waals surface area (Å²) < 4.78 is 10.3. The molecule has 1 rings (SSSR count). The highest BCUT2D eigenvalue weighted by Crippen LogP contribution is 2.24. The van der Waals surface area contributed by atoms with Gasteiger partial charge in [-0.05, 0) is 26.2 Å². The Labute approximate surface area is 84.7 Å². The van der Waals surface area contributed by atoms with Crippen LogP contribution in [0.1, 0.15) is 26.2 Å². The van der Waals surface area contributed by atoms with Gasteiger partial charge in [-0.3, -0.25) is 4.79 Å². The van der Waals surface area contributed by atoms with Gasteiger partial charge in [-0.2, -0.15) is 0 Å². The van der Waals surface area contributed by atoms with Gasteiger partial charge in [0.25, 0.3) is 0 Å². The van der Waals surface area contributed by atoms with E-state index in [-0.39, 0.29) is 18.0 Å². The maximum Gasteiger partial charge on any atom is 0.310 e. The smallest absolute Gasteiger partial charge is 0.310 e. The van der Waals surface area contributed by atoms with Gasteiger partial charge in [0, 0.05) is 6.54 Å². The second kappa shape index (κ2) is 5.32. The van der Waals surface area contributed by atoms with Gasteiger partial charge in [0.2, 0.25) is 0 Å². The van der Waals surface area contributed by atoms with E-state index in [9.17, 15) is 4.79 Å². The van der Waals surface area contributed by atoms with Crippen LogP contribution in [0.15, 0.2) is 0 Å². The van der Waals surface area contributed by atoms with Crippen molar-refractivity contribution in [2.75, 3.05) is 13.7 Å². The molecule has 0 amide bonds. The number of carbonyl (C=O) groups is 1. The summed E-state index contributed by atoms with van der Waals surface area (Å²) in [4.78, 5) is 11.3. The van der Waals surface area contributed by atoms with Crippen molar-refractivity contribution in [3.8, 4) is 0 Å². The highest BCUT2D eigenvalue weighted by molar-refractivity contribution is 5.72. The van der Waals surface area contributed by atoms with E-state index in [2.05, 4.69) is 11.7 Å². The Morgan fingerprint density at radius 3 is 2.79 bits per heavy atom. The van der Waals surface area contributed by atoms with Gasteiger partial charge in [-0.15, -0.1) is 0 Å². The average Bonchev–Trinajstić information content (AvgIpc) is 2.59. The fourth-order valence-electron chi connectivity index (χ4n) is 1.83. The van der Waals surface area contributed by atoms with E-state index < -0.39 is 0 Å². The second-order valence-corrected chi connectivity index (χ2v) is 3.84. The first-order chi connectivity index (χ1) is 6.67. The Morgan fingerprint density at radius 2 is 2.36 bits per heavy atom. The SMILES string of the molecule is COC(=O)C(CN)CC1CCC(C)O1. The molecule has 0 aromatic carbocycles. The van der Waals surface area contributed by atoms with E-state index in [0.717, 1.165) is 12.8 Å². The van der Waals surface area contributed by atoms with Crippen LogP contribution in [0.2, 0.25) is 0 Å². The van der Waals surface area contributed by atoms with Crippen LogP contribution in [-0.2, 0) is 14.3 Å². The molecule has 1 aliphatic rings. The van der Waals surface area contributed by atoms with Crippen molar-refractivity contribution >= 4 is 5.97 Å². The van der Waals surface area contributed by atoms with Crippen LogP contribution in [0.4, 0.5) is 0 Å². The summed E-state index contributed by atoms with van der Waals surface area (Å²) in [7, 11) is 1.39. The summed E-state index contributed by atoms with van der Waals surface area (Å²) >= 11 is 0. The van der Waals surface area contributed by atoms with Crippen LogP contribution in [-0.4, -0.2) is 31.8 Å². The second-order valence-electron chi connectivity index (χ2n) is 3.84. The molecule has 1 aliphatic heterocycles. The molecule has 1 heterocycles. The number of hydrogen-bond acceptors (Lipinski definition) is 4. The molecule has 1 saturated heterocycles. The maximum absolute atomic E-state index is 11.3. The Kier molecular flexibility index (Phi) is 4.35. The third kappa shape index (κ3) is 2.96. The van der Waals surface area contributed by atoms with Gasteiger partial charge in [0.05, 0.1) is 25.2 Å². The van der Waals surface area contributed by atoms with Crippen molar-refractivity contribution in [3.05, 3.63) is 0 Å². The number of carbonyl (C=O) groups excluding carboxylic acids is 1. The molecule has 0 radical (unpaired) electrons. The number of methoxy groups -OCH3 is 1. The van der Waals surface area contributed by atoms with E-state index in [4.69, 9.17) is 10.5 Å². The number of esters is 1. The summed E-state index contributed by atoms with van der Waals surface area (Å²) in [6.45, 7) is 2.39. The van der Waals surface area contributed by atoms with Crippen LogP contribution >= 0.6 is 0 Å². The predicted molar refractivity (Wildman–Crippen MR) is 52.7 cm³/mol. The zero-order valence-electron chi connectivity index (χ0n) is 8.86. The number of ether oxygens (including phenoxy) is 2. The summed E-state index contributed by atoms with van der Waals surface area (Å²) in [5.74, 6) is -0.439. The Morgan fingerprint density at radius 1 is 1.64 bits per heavy atom. The summed E-state index contributed by atoms with van der Waals surface area (Å²) in [6.07, 6.45) is 3.28. The first-order valence-corrected chi connectivity index (χ1v) is 5.10. The highest BCUT2D eigenvalue weighted by atomic mass is 16.5. The largest absolute Gasteiger partial charge is 0.469 e.